The van der Waals surface area contributed by atoms with Gasteiger partial charge in [-0.05, 0) is 77.8 Å². The van der Waals surface area contributed by atoms with Crippen LogP contribution in [0.5, 0.6) is 5.75 Å². The number of allylic oxidation sites excluding steroid dienone is 2. The van der Waals surface area contributed by atoms with Crippen LogP contribution >= 0.6 is 28.5 Å². The summed E-state index contributed by atoms with van der Waals surface area (Å²) in [5, 5.41) is 8.70. The van der Waals surface area contributed by atoms with Gasteiger partial charge in [-0.25, -0.2) is 0 Å². The molecule has 1 aromatic rings. The third-order valence-corrected chi connectivity index (χ3v) is 6.68. The quantitative estimate of drug-likeness (QED) is 0.120. The molecule has 0 aliphatic heterocycles. The highest BCUT2D eigenvalue weighted by molar-refractivity contribution is 14.2. The van der Waals surface area contributed by atoms with Gasteiger partial charge in [0.05, 0.1) is 12.6 Å². The Labute approximate surface area is 197 Å². The lowest BCUT2D eigenvalue weighted by atomic mass is 9.86. The van der Waals surface area contributed by atoms with Crippen LogP contribution in [0, 0.1) is 17.8 Å². The molecule has 8 heteroatoms. The van der Waals surface area contributed by atoms with Gasteiger partial charge >= 0.3 is 5.97 Å². The predicted molar refractivity (Wildman–Crippen MR) is 129 cm³/mol. The van der Waals surface area contributed by atoms with Crippen LogP contribution in [0.4, 0.5) is 8.78 Å². The summed E-state index contributed by atoms with van der Waals surface area (Å²) in [4.78, 5) is 10.6. The van der Waals surface area contributed by atoms with E-state index in [0.29, 0.717) is 24.5 Å². The lowest BCUT2D eigenvalue weighted by Crippen LogP contribution is -2.25. The van der Waals surface area contributed by atoms with Crippen molar-refractivity contribution in [1.29, 1.82) is 0 Å². The van der Waals surface area contributed by atoms with Gasteiger partial charge in [-0.2, -0.15) is 8.78 Å². The number of alkyl halides is 2. The van der Waals surface area contributed by atoms with Crippen LogP contribution in [0.15, 0.2) is 54.6 Å². The summed E-state index contributed by atoms with van der Waals surface area (Å²) >= 11 is 2.17. The number of hydrogen-bond acceptors (Lipinski definition) is 3. The van der Waals surface area contributed by atoms with E-state index >= 15 is 0 Å². The van der Waals surface area contributed by atoms with Crippen molar-refractivity contribution >= 4 is 34.5 Å². The molecule has 0 bridgehead atoms. The van der Waals surface area contributed by atoms with Crippen molar-refractivity contribution in [1.82, 2.24) is 0 Å². The number of unbranched alkanes of at least 4 members (excludes halogenated alkanes) is 1. The standard InChI is InChI=1S/C23H30F2IO4P/c1-17-15-21(30-31-26)20(19(17)11-7-2-3-8-12-22(27)28)13-14-23(24,25)16-29-18-9-5-4-6-10-18/h2,4-7,9-10,13-14,17,19-21,31H,3,8,11-12,15-16H2,1H3,(H,27,28)/b7-2-,14-13+/t17-,19-,20+,21+/m0/s1. The summed E-state index contributed by atoms with van der Waals surface area (Å²) in [5.74, 6) is -2.98. The minimum atomic E-state index is -3.07. The van der Waals surface area contributed by atoms with Crippen LogP contribution in [0.2, 0.25) is 0 Å². The van der Waals surface area contributed by atoms with Crippen LogP contribution in [0.3, 0.4) is 0 Å². The number of aliphatic carboxylic acids is 1. The number of halogens is 3. The first kappa shape index (κ1) is 26.2. The Morgan fingerprint density at radius 2 is 2.06 bits per heavy atom. The first-order chi connectivity index (χ1) is 14.8. The fourth-order valence-corrected chi connectivity index (χ4v) is 5.28. The molecule has 172 valence electrons. The van der Waals surface area contributed by atoms with Gasteiger partial charge in [0.15, 0.2) is 6.61 Å². The Hall–Kier alpha value is -1.05. The Bertz CT molecular complexity index is 730. The second-order valence-corrected chi connectivity index (χ2v) is 9.61. The monoisotopic (exact) mass is 566 g/mol. The number of carbonyl (C=O) groups is 1. The summed E-state index contributed by atoms with van der Waals surface area (Å²) in [5.41, 5.74) is 0. The van der Waals surface area contributed by atoms with Gasteiger partial charge in [0, 0.05) is 12.3 Å². The van der Waals surface area contributed by atoms with Crippen LogP contribution in [-0.2, 0) is 9.32 Å². The molecule has 1 aliphatic rings. The van der Waals surface area contributed by atoms with Crippen molar-refractivity contribution in [2.24, 2.45) is 17.8 Å². The zero-order chi connectivity index (χ0) is 22.7. The number of hydrogen-bond donors (Lipinski definition) is 1. The number of carboxylic acid groups (broad SMARTS) is 1. The average Bonchev–Trinajstić information content (AvgIpc) is 3.03. The van der Waals surface area contributed by atoms with Gasteiger partial charge in [-0.3, -0.25) is 4.79 Å². The van der Waals surface area contributed by atoms with E-state index in [2.05, 4.69) is 35.0 Å². The second kappa shape index (κ2) is 13.5. The van der Waals surface area contributed by atoms with Crippen LogP contribution in [0.1, 0.15) is 39.0 Å². The molecular weight excluding hydrogens is 536 g/mol. The van der Waals surface area contributed by atoms with Gasteiger partial charge in [-0.1, -0.05) is 43.4 Å². The topological polar surface area (TPSA) is 55.8 Å². The molecule has 1 aliphatic carbocycles. The number of para-hydroxylation sites is 1. The van der Waals surface area contributed by atoms with Crippen molar-refractivity contribution in [3.05, 3.63) is 54.6 Å². The summed E-state index contributed by atoms with van der Waals surface area (Å²) < 4.78 is 40.0. The summed E-state index contributed by atoms with van der Waals surface area (Å²) in [6.07, 6.45) is 9.62. The smallest absolute Gasteiger partial charge is 0.303 e. The Morgan fingerprint density at radius 1 is 1.32 bits per heavy atom. The van der Waals surface area contributed by atoms with E-state index in [-0.39, 0.29) is 30.8 Å². The molecule has 0 spiro atoms. The Kier molecular flexibility index (Phi) is 11.4. The molecule has 1 N–H and O–H groups in total. The normalized spacial score (nSPS) is 24.6. The first-order valence-corrected chi connectivity index (χ1v) is 14.5. The molecule has 0 aromatic heterocycles. The molecule has 4 nitrogen and oxygen atoms in total. The van der Waals surface area contributed by atoms with Gasteiger partial charge in [0.1, 0.15) is 5.75 Å². The highest BCUT2D eigenvalue weighted by Crippen LogP contribution is 2.45. The molecule has 1 aromatic carbocycles. The highest BCUT2D eigenvalue weighted by atomic mass is 127. The number of ether oxygens (including phenoxy) is 1. The van der Waals surface area contributed by atoms with Gasteiger partial charge in [0.2, 0.25) is 0 Å². The fraction of sp³-hybridized carbons (Fsp3) is 0.522. The molecule has 0 saturated heterocycles. The highest BCUT2D eigenvalue weighted by Gasteiger charge is 2.40. The molecule has 1 saturated carbocycles. The zero-order valence-corrected chi connectivity index (χ0v) is 20.7. The molecular formula is C23H30F2IO4P. The fourth-order valence-electron chi connectivity index (χ4n) is 3.93. The van der Waals surface area contributed by atoms with E-state index in [1.54, 1.807) is 36.4 Å². The van der Waals surface area contributed by atoms with Crippen LogP contribution in [0.25, 0.3) is 0 Å². The molecule has 1 fully saturated rings. The van der Waals surface area contributed by atoms with E-state index < -0.39 is 18.5 Å². The van der Waals surface area contributed by atoms with Crippen molar-refractivity contribution in [2.75, 3.05) is 6.61 Å². The number of carboxylic acids is 1. The minimum Gasteiger partial charge on any atom is -0.487 e. The van der Waals surface area contributed by atoms with E-state index in [0.717, 1.165) is 18.9 Å². The second-order valence-electron chi connectivity index (χ2n) is 7.90. The van der Waals surface area contributed by atoms with Crippen molar-refractivity contribution in [3.8, 4) is 5.75 Å². The van der Waals surface area contributed by atoms with Crippen molar-refractivity contribution < 1.29 is 27.9 Å². The Balaban J connectivity index is 1.97. The Morgan fingerprint density at radius 3 is 2.74 bits per heavy atom. The maximum atomic E-state index is 14.4. The average molecular weight is 566 g/mol. The number of benzene rings is 1. The minimum absolute atomic E-state index is 0.0715. The van der Waals surface area contributed by atoms with E-state index in [9.17, 15) is 13.6 Å². The van der Waals surface area contributed by atoms with Gasteiger partial charge in [-0.15, -0.1) is 0 Å². The van der Waals surface area contributed by atoms with E-state index in [1.165, 1.54) is 0 Å². The van der Waals surface area contributed by atoms with E-state index in [1.807, 2.05) is 6.08 Å². The molecule has 0 radical (unpaired) electrons. The lowest BCUT2D eigenvalue weighted by Gasteiger charge is -2.23. The third-order valence-electron chi connectivity index (χ3n) is 5.53. The number of rotatable bonds is 13. The summed E-state index contributed by atoms with van der Waals surface area (Å²) in [6, 6.07) is 8.61. The molecule has 0 heterocycles. The van der Waals surface area contributed by atoms with Crippen LogP contribution < -0.4 is 4.74 Å². The first-order valence-electron chi connectivity index (χ1n) is 10.5. The van der Waals surface area contributed by atoms with Gasteiger partial charge in [0.25, 0.3) is 5.92 Å². The van der Waals surface area contributed by atoms with Crippen molar-refractivity contribution in [2.45, 2.75) is 51.1 Å². The SMILES string of the molecule is C[C@H]1C[C@@H](OPI)[C@H](/C=C/C(F)(F)COc2ccccc2)[C@H]1C/C=C\CCCC(=O)O. The van der Waals surface area contributed by atoms with Gasteiger partial charge < -0.3 is 14.4 Å². The van der Waals surface area contributed by atoms with Crippen LogP contribution in [-0.4, -0.2) is 29.7 Å². The van der Waals surface area contributed by atoms with Crippen molar-refractivity contribution in [3.63, 3.8) is 0 Å². The summed E-state index contributed by atoms with van der Waals surface area (Å²) in [7, 11) is 0. The molecule has 0 amide bonds. The zero-order valence-electron chi connectivity index (χ0n) is 17.6. The van der Waals surface area contributed by atoms with E-state index in [4.69, 9.17) is 14.4 Å². The molecule has 31 heavy (non-hydrogen) atoms. The molecule has 1 unspecified atom stereocenters. The molecule has 2 rings (SSSR count). The maximum Gasteiger partial charge on any atom is 0.303 e. The maximum absolute atomic E-state index is 14.4. The largest absolute Gasteiger partial charge is 0.487 e. The predicted octanol–water partition coefficient (Wildman–Crippen LogP) is 7.06. The molecule has 5 atom stereocenters. The lowest BCUT2D eigenvalue weighted by molar-refractivity contribution is -0.137. The third kappa shape index (κ3) is 9.54. The summed E-state index contributed by atoms with van der Waals surface area (Å²) in [6.45, 7) is 1.71.